The maximum Gasteiger partial charge on any atom is 0.251 e. The minimum absolute atomic E-state index is 0.0746. The summed E-state index contributed by atoms with van der Waals surface area (Å²) >= 11 is 1.62. The zero-order chi connectivity index (χ0) is 28.4. The smallest absolute Gasteiger partial charge is 0.251 e. The highest BCUT2D eigenvalue weighted by atomic mass is 32.1. The van der Waals surface area contributed by atoms with Gasteiger partial charge in [-0.15, -0.1) is 11.3 Å². The third-order valence-corrected chi connectivity index (χ3v) is 9.02. The summed E-state index contributed by atoms with van der Waals surface area (Å²) in [6.07, 6.45) is -0.0167. The first-order chi connectivity index (χ1) is 19.3. The van der Waals surface area contributed by atoms with E-state index in [1.807, 2.05) is 31.4 Å². The van der Waals surface area contributed by atoms with Crippen molar-refractivity contribution in [2.45, 2.75) is 44.5 Å². The Morgan fingerprint density at radius 3 is 2.65 bits per heavy atom. The molecule has 1 aromatic heterocycles. The van der Waals surface area contributed by atoms with Gasteiger partial charge < -0.3 is 24.8 Å². The number of ether oxygens (including phenoxy) is 1. The number of carbonyl (C=O) groups is 3. The molecule has 0 unspecified atom stereocenters. The Labute approximate surface area is 236 Å². The number of anilines is 1. The average Bonchev–Trinajstić information content (AvgIpc) is 3.69. The van der Waals surface area contributed by atoms with Gasteiger partial charge in [0.1, 0.15) is 18.7 Å². The second-order valence-electron chi connectivity index (χ2n) is 10.7. The predicted octanol–water partition coefficient (Wildman–Crippen LogP) is 2.56. The zero-order valence-corrected chi connectivity index (χ0v) is 23.7. The number of aromatic nitrogens is 1. The SMILES string of the molecule is CC[C@H](C)[C@H](NC(=O)c1ccc(-c2csc(N3CCN(C)CC3)n2)cc1)C(=O)N1C[C@H](N=[N+]=[N-])[C@@H]2OCC(=O)[C@H]21. The van der Waals surface area contributed by atoms with Crippen LogP contribution in [0.3, 0.4) is 0 Å². The fourth-order valence-corrected chi connectivity index (χ4v) is 6.33. The Kier molecular flexibility index (Phi) is 8.36. The third-order valence-electron chi connectivity index (χ3n) is 8.12. The second-order valence-corrected chi connectivity index (χ2v) is 11.5. The summed E-state index contributed by atoms with van der Waals surface area (Å²) in [5.41, 5.74) is 11.1. The fourth-order valence-electron chi connectivity index (χ4n) is 5.44. The van der Waals surface area contributed by atoms with E-state index in [0.29, 0.717) is 12.0 Å². The first-order valence-electron chi connectivity index (χ1n) is 13.6. The largest absolute Gasteiger partial charge is 0.367 e. The lowest BCUT2D eigenvalue weighted by Crippen LogP contribution is -2.54. The topological polar surface area (TPSA) is 144 Å². The molecule has 3 aliphatic heterocycles. The van der Waals surface area contributed by atoms with Crippen molar-refractivity contribution in [3.63, 3.8) is 0 Å². The number of likely N-dealkylation sites (N-methyl/N-ethyl adjacent to an activating group) is 1. The highest BCUT2D eigenvalue weighted by molar-refractivity contribution is 7.14. The summed E-state index contributed by atoms with van der Waals surface area (Å²) in [5.74, 6) is -1.16. The maximum atomic E-state index is 13.7. The molecule has 5 rings (SSSR count). The van der Waals surface area contributed by atoms with Crippen LogP contribution in [0.1, 0.15) is 30.6 Å². The van der Waals surface area contributed by atoms with Crippen molar-refractivity contribution in [1.82, 2.24) is 20.1 Å². The van der Waals surface area contributed by atoms with Crippen LogP contribution in [0.15, 0.2) is 34.8 Å². The van der Waals surface area contributed by atoms with Crippen LogP contribution in [0.25, 0.3) is 21.7 Å². The number of rotatable bonds is 8. The Morgan fingerprint density at radius 1 is 1.25 bits per heavy atom. The van der Waals surface area contributed by atoms with E-state index in [4.69, 9.17) is 15.3 Å². The number of amides is 2. The molecular weight excluding hydrogens is 532 g/mol. The first-order valence-corrected chi connectivity index (χ1v) is 14.5. The van der Waals surface area contributed by atoms with Gasteiger partial charge in [-0.05, 0) is 30.6 Å². The Hall–Kier alpha value is -3.51. The van der Waals surface area contributed by atoms with Crippen LogP contribution in [0.4, 0.5) is 5.13 Å². The van der Waals surface area contributed by atoms with Crippen LogP contribution in [-0.4, -0.2) is 103 Å². The van der Waals surface area contributed by atoms with E-state index in [1.165, 1.54) is 4.90 Å². The number of fused-ring (bicyclic) bond motifs is 1. The van der Waals surface area contributed by atoms with Crippen molar-refractivity contribution >= 4 is 34.1 Å². The second kappa shape index (κ2) is 11.9. The van der Waals surface area contributed by atoms with Crippen LogP contribution < -0.4 is 10.2 Å². The molecule has 212 valence electrons. The lowest BCUT2D eigenvalue weighted by Gasteiger charge is -2.32. The average molecular weight is 567 g/mol. The summed E-state index contributed by atoms with van der Waals surface area (Å²) in [7, 11) is 2.12. The fraction of sp³-hybridized carbons (Fsp3) is 0.556. The van der Waals surface area contributed by atoms with Gasteiger partial charge in [0.05, 0.1) is 17.8 Å². The van der Waals surface area contributed by atoms with Crippen molar-refractivity contribution in [3.05, 3.63) is 45.7 Å². The lowest BCUT2D eigenvalue weighted by molar-refractivity contribution is -0.139. The number of azide groups is 1. The molecule has 0 bridgehead atoms. The molecule has 4 heterocycles. The summed E-state index contributed by atoms with van der Waals surface area (Å²) in [6, 6.07) is 4.89. The van der Waals surface area contributed by atoms with Gasteiger partial charge in [0.15, 0.2) is 10.9 Å². The van der Waals surface area contributed by atoms with E-state index in [2.05, 4.69) is 32.2 Å². The number of Topliss-reactive ketones (excluding diaryl/α,β-unsaturated/α-hetero) is 1. The van der Waals surface area contributed by atoms with Crippen LogP contribution in [0.2, 0.25) is 0 Å². The molecule has 0 saturated carbocycles. The van der Waals surface area contributed by atoms with Crippen molar-refractivity contribution in [1.29, 1.82) is 0 Å². The van der Waals surface area contributed by atoms with Crippen LogP contribution in [0.5, 0.6) is 0 Å². The Balaban J connectivity index is 1.28. The molecule has 0 radical (unpaired) electrons. The number of ketones is 1. The number of likely N-dealkylation sites (tertiary alicyclic amines) is 1. The number of thiazole rings is 1. The van der Waals surface area contributed by atoms with Gasteiger partial charge in [0.2, 0.25) is 5.91 Å². The third kappa shape index (κ3) is 5.55. The molecule has 40 heavy (non-hydrogen) atoms. The number of hydrogen-bond acceptors (Lipinski definition) is 9. The molecule has 1 N–H and O–H groups in total. The van der Waals surface area contributed by atoms with E-state index in [9.17, 15) is 14.4 Å². The van der Waals surface area contributed by atoms with Gasteiger partial charge in [0, 0.05) is 54.1 Å². The minimum Gasteiger partial charge on any atom is -0.367 e. The van der Waals surface area contributed by atoms with Crippen molar-refractivity contribution in [2.24, 2.45) is 11.0 Å². The highest BCUT2D eigenvalue weighted by Gasteiger charge is 2.53. The van der Waals surface area contributed by atoms with Gasteiger partial charge in [-0.25, -0.2) is 4.98 Å². The van der Waals surface area contributed by atoms with Crippen LogP contribution in [-0.2, 0) is 14.3 Å². The molecule has 13 heteroatoms. The standard InChI is InChI=1S/C27H34N8O4S/c1-4-16(2)22(26(38)35-13-19(31-32-28)24-23(35)21(36)14-39-24)30-25(37)18-7-5-17(6-8-18)20-15-40-27(29-20)34-11-9-33(3)10-12-34/h5-8,15-16,19,22-24H,4,9-14H2,1-3H3,(H,30,37)/t16-,19-,22-,23+,24-/m0/s1. The molecule has 3 fully saturated rings. The molecule has 3 saturated heterocycles. The summed E-state index contributed by atoms with van der Waals surface area (Å²) < 4.78 is 5.53. The van der Waals surface area contributed by atoms with Crippen molar-refractivity contribution < 1.29 is 19.1 Å². The van der Waals surface area contributed by atoms with Crippen molar-refractivity contribution in [2.75, 3.05) is 51.3 Å². The molecule has 2 amide bonds. The van der Waals surface area contributed by atoms with Crippen LogP contribution >= 0.6 is 11.3 Å². The number of benzene rings is 1. The minimum atomic E-state index is -0.847. The summed E-state index contributed by atoms with van der Waals surface area (Å²) in [4.78, 5) is 53.2. The molecule has 0 spiro atoms. The molecule has 0 aliphatic carbocycles. The van der Waals surface area contributed by atoms with Gasteiger partial charge in [-0.2, -0.15) is 0 Å². The van der Waals surface area contributed by atoms with E-state index in [1.54, 1.807) is 23.5 Å². The summed E-state index contributed by atoms with van der Waals surface area (Å²) in [5, 5.41) is 9.67. The van der Waals surface area contributed by atoms with E-state index >= 15 is 0 Å². The summed E-state index contributed by atoms with van der Waals surface area (Å²) in [6.45, 7) is 7.69. The van der Waals surface area contributed by atoms with Gasteiger partial charge in [-0.1, -0.05) is 37.5 Å². The number of nitrogens with one attached hydrogen (secondary N) is 1. The molecular formula is C27H34N8O4S. The van der Waals surface area contributed by atoms with Gasteiger partial charge in [0.25, 0.3) is 5.91 Å². The number of piperazine rings is 1. The quantitative estimate of drug-likeness (QED) is 0.294. The Morgan fingerprint density at radius 2 is 1.98 bits per heavy atom. The van der Waals surface area contributed by atoms with Crippen LogP contribution in [0, 0.1) is 5.92 Å². The maximum absolute atomic E-state index is 13.7. The number of carbonyl (C=O) groups excluding carboxylic acids is 3. The molecule has 5 atom stereocenters. The first kappa shape index (κ1) is 28.0. The predicted molar refractivity (Wildman–Crippen MR) is 151 cm³/mol. The van der Waals surface area contributed by atoms with E-state index in [0.717, 1.165) is 42.6 Å². The molecule has 2 aromatic rings. The van der Waals surface area contributed by atoms with E-state index < -0.39 is 24.2 Å². The van der Waals surface area contributed by atoms with Gasteiger partial charge in [-0.3, -0.25) is 14.4 Å². The number of nitrogens with zero attached hydrogens (tertiary/aromatic N) is 7. The number of hydrogen-bond donors (Lipinski definition) is 1. The highest BCUT2D eigenvalue weighted by Crippen LogP contribution is 2.31. The van der Waals surface area contributed by atoms with E-state index in [-0.39, 0.29) is 36.7 Å². The Bertz CT molecular complexity index is 1300. The molecule has 12 nitrogen and oxygen atoms in total. The zero-order valence-electron chi connectivity index (χ0n) is 22.9. The monoisotopic (exact) mass is 566 g/mol. The molecule has 3 aliphatic rings. The van der Waals surface area contributed by atoms with Crippen molar-refractivity contribution in [3.8, 4) is 11.3 Å². The normalized spacial score (nSPS) is 24.4. The van der Waals surface area contributed by atoms with Gasteiger partial charge >= 0.3 is 0 Å². The lowest BCUT2D eigenvalue weighted by atomic mass is 9.96. The molecule has 1 aromatic carbocycles.